The zero-order valence-electron chi connectivity index (χ0n) is 21.0. The van der Waals surface area contributed by atoms with E-state index < -0.39 is 11.8 Å². The number of nitrogens with one attached hydrogen (secondary N) is 2. The number of amides is 2. The zero-order valence-corrected chi connectivity index (χ0v) is 21.0. The maximum absolute atomic E-state index is 13.3. The Morgan fingerprint density at radius 2 is 1.14 bits per heavy atom. The first-order chi connectivity index (χ1) is 16.9. The van der Waals surface area contributed by atoms with Gasteiger partial charge in [0.05, 0.1) is 12.1 Å². The van der Waals surface area contributed by atoms with Crippen LogP contribution in [0.2, 0.25) is 0 Å². The Balaban J connectivity index is 1.86. The summed E-state index contributed by atoms with van der Waals surface area (Å²) < 4.78 is 0. The number of carbonyl (C=O) groups is 2. The summed E-state index contributed by atoms with van der Waals surface area (Å²) >= 11 is 0. The SMILES string of the molecule is CCN(CC)c1ccc(C=C(C(=O)N[C@@H](C)c2ccccc2)C(=O)N[C@H](C)c2ccccc2)cc1. The molecule has 0 aliphatic heterocycles. The molecule has 35 heavy (non-hydrogen) atoms. The molecule has 0 heterocycles. The van der Waals surface area contributed by atoms with Crippen LogP contribution in [-0.2, 0) is 9.59 Å². The second-order valence-electron chi connectivity index (χ2n) is 8.53. The van der Waals surface area contributed by atoms with Crippen molar-refractivity contribution in [2.75, 3.05) is 18.0 Å². The lowest BCUT2D eigenvalue weighted by Gasteiger charge is -2.21. The summed E-state index contributed by atoms with van der Waals surface area (Å²) in [7, 11) is 0. The summed E-state index contributed by atoms with van der Waals surface area (Å²) in [5.41, 5.74) is 3.92. The average molecular weight is 470 g/mol. The summed E-state index contributed by atoms with van der Waals surface area (Å²) in [6.45, 7) is 9.88. The highest BCUT2D eigenvalue weighted by Gasteiger charge is 2.22. The van der Waals surface area contributed by atoms with E-state index in [0.717, 1.165) is 35.5 Å². The largest absolute Gasteiger partial charge is 0.372 e. The molecule has 3 rings (SSSR count). The van der Waals surface area contributed by atoms with E-state index in [0.29, 0.717) is 0 Å². The first kappa shape index (κ1) is 25.8. The maximum Gasteiger partial charge on any atom is 0.257 e. The van der Waals surface area contributed by atoms with E-state index in [9.17, 15) is 9.59 Å². The number of hydrogen-bond acceptors (Lipinski definition) is 3. The number of rotatable bonds is 10. The van der Waals surface area contributed by atoms with Crippen molar-refractivity contribution in [2.24, 2.45) is 0 Å². The Bertz CT molecular complexity index is 1060. The van der Waals surface area contributed by atoms with Gasteiger partial charge in [-0.3, -0.25) is 9.59 Å². The van der Waals surface area contributed by atoms with Gasteiger partial charge >= 0.3 is 0 Å². The molecule has 5 nitrogen and oxygen atoms in total. The second-order valence-corrected chi connectivity index (χ2v) is 8.53. The summed E-state index contributed by atoms with van der Waals surface area (Å²) in [6.07, 6.45) is 1.66. The van der Waals surface area contributed by atoms with Gasteiger partial charge in [0.2, 0.25) is 0 Å². The van der Waals surface area contributed by atoms with Gasteiger partial charge in [0.15, 0.2) is 0 Å². The Kier molecular flexibility index (Phi) is 9.24. The molecule has 3 aromatic rings. The van der Waals surface area contributed by atoms with Gasteiger partial charge in [0, 0.05) is 18.8 Å². The molecule has 0 saturated carbocycles. The first-order valence-corrected chi connectivity index (χ1v) is 12.2. The molecule has 0 spiro atoms. The zero-order chi connectivity index (χ0) is 25.2. The maximum atomic E-state index is 13.3. The van der Waals surface area contributed by atoms with Gasteiger partial charge in [0.1, 0.15) is 5.57 Å². The molecule has 0 bridgehead atoms. The predicted molar refractivity (Wildman–Crippen MR) is 144 cm³/mol. The quantitative estimate of drug-likeness (QED) is 0.228. The van der Waals surface area contributed by atoms with E-state index in [-0.39, 0.29) is 17.7 Å². The highest BCUT2D eigenvalue weighted by atomic mass is 16.2. The fourth-order valence-corrected chi connectivity index (χ4v) is 3.97. The van der Waals surface area contributed by atoms with Crippen LogP contribution < -0.4 is 15.5 Å². The van der Waals surface area contributed by atoms with Crippen LogP contribution in [0.1, 0.15) is 56.5 Å². The molecule has 2 atom stereocenters. The molecule has 0 aliphatic rings. The van der Waals surface area contributed by atoms with Crippen molar-refractivity contribution in [3.63, 3.8) is 0 Å². The van der Waals surface area contributed by atoms with Crippen LogP contribution in [0.4, 0.5) is 5.69 Å². The van der Waals surface area contributed by atoms with E-state index >= 15 is 0 Å². The minimum absolute atomic E-state index is 0.0751. The highest BCUT2D eigenvalue weighted by Crippen LogP contribution is 2.19. The van der Waals surface area contributed by atoms with Crippen LogP contribution in [0.25, 0.3) is 6.08 Å². The van der Waals surface area contributed by atoms with E-state index in [2.05, 4.69) is 29.4 Å². The van der Waals surface area contributed by atoms with E-state index in [1.54, 1.807) is 6.08 Å². The molecule has 0 radical (unpaired) electrons. The summed E-state index contributed by atoms with van der Waals surface area (Å²) in [6, 6.07) is 26.9. The fourth-order valence-electron chi connectivity index (χ4n) is 3.97. The molecule has 0 unspecified atom stereocenters. The molecular weight excluding hydrogens is 434 g/mol. The molecule has 0 aliphatic carbocycles. The minimum Gasteiger partial charge on any atom is -0.372 e. The van der Waals surface area contributed by atoms with Gasteiger partial charge in [-0.1, -0.05) is 72.8 Å². The van der Waals surface area contributed by atoms with Crippen molar-refractivity contribution in [1.82, 2.24) is 10.6 Å². The monoisotopic (exact) mass is 469 g/mol. The fraction of sp³-hybridized carbons (Fsp3) is 0.267. The van der Waals surface area contributed by atoms with Crippen LogP contribution in [0.3, 0.4) is 0 Å². The summed E-state index contributed by atoms with van der Waals surface area (Å²) in [5.74, 6) is -0.820. The molecular formula is C30H35N3O2. The van der Waals surface area contributed by atoms with Gasteiger partial charge < -0.3 is 15.5 Å². The molecule has 2 amide bonds. The smallest absolute Gasteiger partial charge is 0.257 e. The van der Waals surface area contributed by atoms with Crippen molar-refractivity contribution < 1.29 is 9.59 Å². The van der Waals surface area contributed by atoms with E-state index in [1.807, 2.05) is 98.8 Å². The van der Waals surface area contributed by atoms with E-state index in [4.69, 9.17) is 0 Å². The molecule has 0 fully saturated rings. The standard InChI is InChI=1S/C30H35N3O2/c1-5-33(6-2)27-19-17-24(18-20-27)21-28(29(34)31-22(3)25-13-9-7-10-14-25)30(35)32-23(4)26-15-11-8-12-16-26/h7-23H,5-6H2,1-4H3,(H,31,34)(H,32,35)/t22-,23+. The third kappa shape index (κ3) is 7.06. The third-order valence-corrected chi connectivity index (χ3v) is 6.12. The Morgan fingerprint density at radius 3 is 1.54 bits per heavy atom. The topological polar surface area (TPSA) is 61.4 Å². The second kappa shape index (κ2) is 12.6. The lowest BCUT2D eigenvalue weighted by Crippen LogP contribution is -2.36. The molecule has 2 N–H and O–H groups in total. The van der Waals surface area contributed by atoms with Crippen molar-refractivity contribution in [3.8, 4) is 0 Å². The van der Waals surface area contributed by atoms with Crippen LogP contribution in [0.5, 0.6) is 0 Å². The van der Waals surface area contributed by atoms with Crippen LogP contribution in [0, 0.1) is 0 Å². The minimum atomic E-state index is -0.410. The van der Waals surface area contributed by atoms with Crippen LogP contribution in [-0.4, -0.2) is 24.9 Å². The Labute approximate surface area is 208 Å². The Morgan fingerprint density at radius 1 is 0.714 bits per heavy atom. The van der Waals surface area contributed by atoms with Crippen molar-refractivity contribution in [1.29, 1.82) is 0 Å². The van der Waals surface area contributed by atoms with Gasteiger partial charge in [-0.15, -0.1) is 0 Å². The Hall–Kier alpha value is -3.86. The average Bonchev–Trinajstić information content (AvgIpc) is 2.89. The van der Waals surface area contributed by atoms with Crippen molar-refractivity contribution >= 4 is 23.6 Å². The van der Waals surface area contributed by atoms with Crippen molar-refractivity contribution in [3.05, 3.63) is 107 Å². The lowest BCUT2D eigenvalue weighted by molar-refractivity contribution is -0.124. The van der Waals surface area contributed by atoms with Crippen LogP contribution in [0.15, 0.2) is 90.5 Å². The number of benzene rings is 3. The third-order valence-electron chi connectivity index (χ3n) is 6.12. The van der Waals surface area contributed by atoms with E-state index in [1.165, 1.54) is 0 Å². The van der Waals surface area contributed by atoms with Crippen LogP contribution >= 0.6 is 0 Å². The molecule has 5 heteroatoms. The lowest BCUT2D eigenvalue weighted by atomic mass is 10.0. The van der Waals surface area contributed by atoms with Crippen molar-refractivity contribution in [2.45, 2.75) is 39.8 Å². The van der Waals surface area contributed by atoms with Gasteiger partial charge in [-0.05, 0) is 62.6 Å². The molecule has 182 valence electrons. The predicted octanol–water partition coefficient (Wildman–Crippen LogP) is 5.67. The van der Waals surface area contributed by atoms with Gasteiger partial charge in [0.25, 0.3) is 11.8 Å². The summed E-state index contributed by atoms with van der Waals surface area (Å²) in [4.78, 5) is 28.9. The number of hydrogen-bond donors (Lipinski definition) is 2. The van der Waals surface area contributed by atoms with Gasteiger partial charge in [-0.25, -0.2) is 0 Å². The number of nitrogens with zero attached hydrogens (tertiary/aromatic N) is 1. The normalized spacial score (nSPS) is 13.0. The number of anilines is 1. The summed E-state index contributed by atoms with van der Waals surface area (Å²) in [5, 5.41) is 5.96. The first-order valence-electron chi connectivity index (χ1n) is 12.2. The molecule has 0 saturated heterocycles. The molecule has 0 aromatic heterocycles. The number of carbonyl (C=O) groups excluding carboxylic acids is 2. The molecule has 3 aromatic carbocycles. The van der Waals surface area contributed by atoms with Gasteiger partial charge in [-0.2, -0.15) is 0 Å². The highest BCUT2D eigenvalue weighted by molar-refractivity contribution is 6.21.